The number of rotatable bonds is 12. The van der Waals surface area contributed by atoms with Gasteiger partial charge in [-0.3, -0.25) is 0 Å². The Hall–Kier alpha value is -3.16. The molecule has 0 radical (unpaired) electrons. The molecule has 0 aliphatic carbocycles. The minimum Gasteiger partial charge on any atom is -0.489 e. The molecule has 186 valence electrons. The predicted molar refractivity (Wildman–Crippen MR) is 139 cm³/mol. The van der Waals surface area contributed by atoms with Crippen LogP contribution < -0.4 is 14.2 Å². The van der Waals surface area contributed by atoms with Crippen molar-refractivity contribution >= 4 is 29.4 Å². The maximum Gasteiger partial charge on any atom is 0.226 e. The number of nitrogens with zero attached hydrogens (tertiary/aromatic N) is 3. The van der Waals surface area contributed by atoms with Crippen LogP contribution >= 0.6 is 23.2 Å². The first-order valence-electron chi connectivity index (χ1n) is 11.2. The Morgan fingerprint density at radius 2 is 1.54 bits per heavy atom. The Balaban J connectivity index is 1.60. The number of aryl methyl sites for hydroxylation is 2. The van der Waals surface area contributed by atoms with E-state index in [2.05, 4.69) is 24.1 Å². The summed E-state index contributed by atoms with van der Waals surface area (Å²) in [4.78, 5) is 5.37. The molecular formula is C26H29Cl2N3O4. The first kappa shape index (κ1) is 26.4. The molecule has 1 aromatic heterocycles. The van der Waals surface area contributed by atoms with Gasteiger partial charge in [0.1, 0.15) is 40.7 Å². The van der Waals surface area contributed by atoms with Gasteiger partial charge in [-0.2, -0.15) is 5.10 Å². The van der Waals surface area contributed by atoms with Crippen molar-refractivity contribution in [1.29, 1.82) is 0 Å². The summed E-state index contributed by atoms with van der Waals surface area (Å²) in [6.45, 7) is 7.05. The van der Waals surface area contributed by atoms with Crippen molar-refractivity contribution in [2.24, 2.45) is 18.1 Å². The van der Waals surface area contributed by atoms with Crippen LogP contribution in [-0.2, 0) is 11.9 Å². The zero-order chi connectivity index (χ0) is 25.2. The number of oxime groups is 1. The Morgan fingerprint density at radius 1 is 0.971 bits per heavy atom. The number of ether oxygens (including phenoxy) is 3. The SMILES string of the molecule is Cc1nn(C)c(Oc2ccc(Oc3ccc(OCC=C(Cl)Cl)cc3)cc2)c1C=NOCCC(C)C. The summed E-state index contributed by atoms with van der Waals surface area (Å²) in [5.74, 6) is 3.81. The molecule has 35 heavy (non-hydrogen) atoms. The molecule has 0 unspecified atom stereocenters. The van der Waals surface area contributed by atoms with Gasteiger partial charge in [-0.15, -0.1) is 0 Å². The monoisotopic (exact) mass is 517 g/mol. The van der Waals surface area contributed by atoms with Gasteiger partial charge in [0.2, 0.25) is 5.88 Å². The van der Waals surface area contributed by atoms with Gasteiger partial charge in [-0.25, -0.2) is 4.68 Å². The molecular weight excluding hydrogens is 489 g/mol. The van der Waals surface area contributed by atoms with Gasteiger partial charge in [0.05, 0.1) is 17.5 Å². The highest BCUT2D eigenvalue weighted by Gasteiger charge is 2.14. The molecule has 1 heterocycles. The molecule has 0 fully saturated rings. The summed E-state index contributed by atoms with van der Waals surface area (Å²) in [5, 5.41) is 8.52. The Labute approximate surface area is 215 Å². The van der Waals surface area contributed by atoms with Crippen LogP contribution in [0.25, 0.3) is 0 Å². The summed E-state index contributed by atoms with van der Waals surface area (Å²) < 4.78 is 19.4. The molecule has 0 amide bonds. The topological polar surface area (TPSA) is 67.1 Å². The highest BCUT2D eigenvalue weighted by Crippen LogP contribution is 2.29. The summed E-state index contributed by atoms with van der Waals surface area (Å²) >= 11 is 11.1. The lowest BCUT2D eigenvalue weighted by molar-refractivity contribution is 0.134. The van der Waals surface area contributed by atoms with E-state index < -0.39 is 0 Å². The molecule has 2 aromatic carbocycles. The summed E-state index contributed by atoms with van der Waals surface area (Å²) in [5.41, 5.74) is 1.57. The van der Waals surface area contributed by atoms with Crippen molar-refractivity contribution < 1.29 is 19.0 Å². The number of hydrogen-bond donors (Lipinski definition) is 0. The Kier molecular flexibility index (Phi) is 9.87. The average Bonchev–Trinajstić information content (AvgIpc) is 3.07. The minimum atomic E-state index is 0.173. The van der Waals surface area contributed by atoms with Crippen molar-refractivity contribution in [1.82, 2.24) is 9.78 Å². The molecule has 0 saturated carbocycles. The van der Waals surface area contributed by atoms with Gasteiger partial charge in [0.15, 0.2) is 0 Å². The van der Waals surface area contributed by atoms with Crippen LogP contribution in [0.3, 0.4) is 0 Å². The normalized spacial score (nSPS) is 11.1. The molecule has 7 nitrogen and oxygen atoms in total. The molecule has 0 aliphatic rings. The number of benzene rings is 2. The van der Waals surface area contributed by atoms with E-state index >= 15 is 0 Å². The quantitative estimate of drug-likeness (QED) is 0.142. The predicted octanol–water partition coefficient (Wildman–Crippen LogP) is 7.41. The molecule has 3 rings (SSSR count). The standard InChI is InChI=1S/C26H29Cl2N3O4/c1-18(2)13-16-33-29-17-24-19(3)30-31(4)26(24)35-23-11-9-22(10-12-23)34-21-7-5-20(6-8-21)32-15-14-25(27)28/h5-12,14,17-18H,13,15-16H2,1-4H3. The highest BCUT2D eigenvalue weighted by atomic mass is 35.5. The second-order valence-electron chi connectivity index (χ2n) is 8.13. The van der Waals surface area contributed by atoms with E-state index in [4.69, 9.17) is 42.3 Å². The molecule has 0 saturated heterocycles. The van der Waals surface area contributed by atoms with Gasteiger partial charge in [0, 0.05) is 7.05 Å². The van der Waals surface area contributed by atoms with Crippen LogP contribution in [0.1, 0.15) is 31.5 Å². The largest absolute Gasteiger partial charge is 0.489 e. The smallest absolute Gasteiger partial charge is 0.226 e. The molecule has 0 spiro atoms. The number of halogens is 2. The third kappa shape index (κ3) is 8.53. The van der Waals surface area contributed by atoms with Crippen molar-refractivity contribution in [2.45, 2.75) is 27.2 Å². The zero-order valence-corrected chi connectivity index (χ0v) is 21.7. The average molecular weight is 518 g/mol. The zero-order valence-electron chi connectivity index (χ0n) is 20.2. The summed E-state index contributed by atoms with van der Waals surface area (Å²) in [7, 11) is 1.82. The second-order valence-corrected chi connectivity index (χ2v) is 9.14. The van der Waals surface area contributed by atoms with Crippen molar-refractivity contribution in [3.63, 3.8) is 0 Å². The van der Waals surface area contributed by atoms with Crippen LogP contribution in [0, 0.1) is 12.8 Å². The molecule has 0 atom stereocenters. The van der Waals surface area contributed by atoms with Gasteiger partial charge >= 0.3 is 0 Å². The molecule has 9 heteroatoms. The maximum atomic E-state index is 6.09. The van der Waals surface area contributed by atoms with Crippen LogP contribution in [0.5, 0.6) is 28.9 Å². The van der Waals surface area contributed by atoms with Gasteiger partial charge < -0.3 is 19.0 Å². The van der Waals surface area contributed by atoms with E-state index in [9.17, 15) is 0 Å². The first-order chi connectivity index (χ1) is 16.8. The van der Waals surface area contributed by atoms with E-state index in [1.807, 2.05) is 62.5 Å². The van der Waals surface area contributed by atoms with E-state index in [1.54, 1.807) is 17.0 Å². The van der Waals surface area contributed by atoms with Gasteiger partial charge in [-0.1, -0.05) is 42.2 Å². The van der Waals surface area contributed by atoms with E-state index in [-0.39, 0.29) is 4.49 Å². The van der Waals surface area contributed by atoms with E-state index in [0.717, 1.165) is 17.7 Å². The first-order valence-corrected chi connectivity index (χ1v) is 12.0. The summed E-state index contributed by atoms with van der Waals surface area (Å²) in [6.07, 6.45) is 4.16. The molecule has 0 N–H and O–H groups in total. The fourth-order valence-electron chi connectivity index (χ4n) is 2.98. The number of hydrogen-bond acceptors (Lipinski definition) is 6. The molecule has 3 aromatic rings. The van der Waals surface area contributed by atoms with E-state index in [0.29, 0.717) is 48.0 Å². The summed E-state index contributed by atoms with van der Waals surface area (Å²) in [6, 6.07) is 14.6. The van der Waals surface area contributed by atoms with E-state index in [1.165, 1.54) is 0 Å². The lowest BCUT2D eigenvalue weighted by Crippen LogP contribution is -1.98. The Bertz CT molecular complexity index is 1140. The highest BCUT2D eigenvalue weighted by molar-refractivity contribution is 6.55. The molecule has 0 aliphatic heterocycles. The second kappa shape index (κ2) is 13.1. The minimum absolute atomic E-state index is 0.173. The third-order valence-electron chi connectivity index (χ3n) is 4.84. The fraction of sp³-hybridized carbons (Fsp3) is 0.308. The Morgan fingerprint density at radius 3 is 2.11 bits per heavy atom. The molecule has 0 bridgehead atoms. The van der Waals surface area contributed by atoms with Crippen molar-refractivity contribution in [3.05, 3.63) is 70.4 Å². The maximum absolute atomic E-state index is 6.09. The third-order valence-corrected chi connectivity index (χ3v) is 5.15. The van der Waals surface area contributed by atoms with Gasteiger partial charge in [-0.05, 0) is 73.9 Å². The van der Waals surface area contributed by atoms with Crippen LogP contribution in [-0.4, -0.2) is 29.2 Å². The van der Waals surface area contributed by atoms with Gasteiger partial charge in [0.25, 0.3) is 0 Å². The number of aromatic nitrogens is 2. The fourth-order valence-corrected chi connectivity index (χ4v) is 3.11. The van der Waals surface area contributed by atoms with Crippen LogP contribution in [0.15, 0.2) is 64.3 Å². The van der Waals surface area contributed by atoms with Crippen LogP contribution in [0.4, 0.5) is 0 Å². The van der Waals surface area contributed by atoms with Crippen LogP contribution in [0.2, 0.25) is 0 Å². The van der Waals surface area contributed by atoms with Crippen molar-refractivity contribution in [3.8, 4) is 28.9 Å². The van der Waals surface area contributed by atoms with Crippen molar-refractivity contribution in [2.75, 3.05) is 13.2 Å². The lowest BCUT2D eigenvalue weighted by Gasteiger charge is -2.10. The lowest BCUT2D eigenvalue weighted by atomic mass is 10.1.